The molecule has 0 spiro atoms. The van der Waals surface area contributed by atoms with Crippen LogP contribution in [0, 0.1) is 0 Å². The van der Waals surface area contributed by atoms with Gasteiger partial charge in [-0.05, 0) is 59.0 Å². The summed E-state index contributed by atoms with van der Waals surface area (Å²) in [5.41, 5.74) is 1.74. The van der Waals surface area contributed by atoms with Crippen LogP contribution in [0.15, 0.2) is 72.3 Å². The minimum absolute atomic E-state index is 0.0219. The van der Waals surface area contributed by atoms with Crippen molar-refractivity contribution in [3.63, 3.8) is 0 Å². The van der Waals surface area contributed by atoms with Crippen LogP contribution < -0.4 is 10.1 Å². The Bertz CT molecular complexity index is 1260. The number of rotatable bonds is 5. The summed E-state index contributed by atoms with van der Waals surface area (Å²) in [6, 6.07) is 20.9. The van der Waals surface area contributed by atoms with Crippen molar-refractivity contribution < 1.29 is 19.1 Å². The van der Waals surface area contributed by atoms with Crippen LogP contribution in [0.4, 0.5) is 4.79 Å². The number of urea groups is 1. The number of imide groups is 2. The van der Waals surface area contributed by atoms with E-state index in [1.165, 1.54) is 21.7 Å². The molecule has 0 unspecified atom stereocenters. The number of barbiturate groups is 1. The molecule has 3 aromatic rings. The number of nitrogens with zero attached hydrogens (tertiary/aromatic N) is 1. The first-order chi connectivity index (χ1) is 16.1. The second kappa shape index (κ2) is 8.90. The van der Waals surface area contributed by atoms with Crippen molar-refractivity contribution in [2.24, 2.45) is 0 Å². The van der Waals surface area contributed by atoms with E-state index in [-0.39, 0.29) is 11.6 Å². The van der Waals surface area contributed by atoms with E-state index in [9.17, 15) is 14.4 Å². The Hall–Kier alpha value is -3.93. The number of carbonyl (C=O) groups excluding carboxylic acids is 3. The molecule has 0 aromatic heterocycles. The largest absolute Gasteiger partial charge is 0.489 e. The highest BCUT2D eigenvalue weighted by Gasteiger charge is 2.40. The minimum atomic E-state index is -0.657. The average Bonchev–Trinajstić information content (AvgIpc) is 3.35. The lowest BCUT2D eigenvalue weighted by Gasteiger charge is -2.31. The zero-order chi connectivity index (χ0) is 22.8. The van der Waals surface area contributed by atoms with Crippen LogP contribution in [0.5, 0.6) is 5.75 Å². The third kappa shape index (κ3) is 4.37. The molecule has 166 valence electrons. The minimum Gasteiger partial charge on any atom is -0.489 e. The molecule has 2 fully saturated rings. The number of ether oxygens (including phenoxy) is 1. The predicted octanol–water partition coefficient (Wildman–Crippen LogP) is 4.82. The van der Waals surface area contributed by atoms with E-state index in [4.69, 9.17) is 4.74 Å². The number of hydrogen-bond donors (Lipinski definition) is 1. The fraction of sp³-hybridized carbons (Fsp3) is 0.222. The van der Waals surface area contributed by atoms with E-state index in [2.05, 4.69) is 29.6 Å². The maximum absolute atomic E-state index is 12.9. The Balaban J connectivity index is 1.28. The van der Waals surface area contributed by atoms with E-state index in [0.717, 1.165) is 31.2 Å². The van der Waals surface area contributed by atoms with Crippen LogP contribution >= 0.6 is 0 Å². The fourth-order valence-electron chi connectivity index (χ4n) is 4.49. The van der Waals surface area contributed by atoms with Gasteiger partial charge in [0, 0.05) is 6.04 Å². The van der Waals surface area contributed by atoms with Gasteiger partial charge in [0.05, 0.1) is 0 Å². The van der Waals surface area contributed by atoms with Crippen molar-refractivity contribution >= 4 is 34.7 Å². The predicted molar refractivity (Wildman–Crippen MR) is 125 cm³/mol. The Morgan fingerprint density at radius 2 is 1.64 bits per heavy atom. The molecule has 1 aliphatic carbocycles. The van der Waals surface area contributed by atoms with Crippen LogP contribution in [0.3, 0.4) is 0 Å². The molecule has 1 aliphatic heterocycles. The van der Waals surface area contributed by atoms with Gasteiger partial charge in [-0.25, -0.2) is 4.79 Å². The molecule has 5 rings (SSSR count). The van der Waals surface area contributed by atoms with Crippen molar-refractivity contribution in [2.45, 2.75) is 38.3 Å². The molecule has 3 aromatic carbocycles. The van der Waals surface area contributed by atoms with Gasteiger partial charge >= 0.3 is 6.03 Å². The van der Waals surface area contributed by atoms with Crippen LogP contribution in [0.1, 0.15) is 36.8 Å². The number of fused-ring (bicyclic) bond motifs is 1. The quantitative estimate of drug-likeness (QED) is 0.456. The zero-order valence-electron chi connectivity index (χ0n) is 18.1. The summed E-state index contributed by atoms with van der Waals surface area (Å²) in [6.07, 6.45) is 5.05. The van der Waals surface area contributed by atoms with Crippen LogP contribution in [-0.4, -0.2) is 28.8 Å². The van der Waals surface area contributed by atoms with Gasteiger partial charge < -0.3 is 4.74 Å². The molecular weight excluding hydrogens is 416 g/mol. The van der Waals surface area contributed by atoms with E-state index in [0.29, 0.717) is 17.9 Å². The summed E-state index contributed by atoms with van der Waals surface area (Å²) in [4.78, 5) is 38.7. The van der Waals surface area contributed by atoms with Gasteiger partial charge in [-0.3, -0.25) is 19.8 Å². The summed E-state index contributed by atoms with van der Waals surface area (Å²) in [6.45, 7) is 0.435. The first kappa shape index (κ1) is 20.9. The number of benzene rings is 3. The third-order valence-corrected chi connectivity index (χ3v) is 6.23. The van der Waals surface area contributed by atoms with E-state index in [1.54, 1.807) is 24.3 Å². The average molecular weight is 440 g/mol. The standard InChI is InChI=1S/C27H24N2O4/c30-25-24(26(31)29(27(32)28-25)22-7-3-4-8-22)16-18-10-13-23(14-11-18)33-17-19-9-12-20-5-1-2-6-21(20)15-19/h1-2,5-6,9-16,22H,3-4,7-8,17H2,(H,28,30,32)/b24-16+. The van der Waals surface area contributed by atoms with E-state index < -0.39 is 17.8 Å². The monoisotopic (exact) mass is 440 g/mol. The normalized spacial score (nSPS) is 18.2. The van der Waals surface area contributed by atoms with Gasteiger partial charge in [0.15, 0.2) is 0 Å². The Morgan fingerprint density at radius 3 is 2.39 bits per heavy atom. The molecule has 0 radical (unpaired) electrons. The van der Waals surface area contributed by atoms with Crippen LogP contribution in [-0.2, 0) is 16.2 Å². The summed E-state index contributed by atoms with van der Waals surface area (Å²) >= 11 is 0. The molecule has 4 amide bonds. The van der Waals surface area contributed by atoms with Crippen molar-refractivity contribution in [1.29, 1.82) is 0 Å². The van der Waals surface area contributed by atoms with Gasteiger partial charge in [0.25, 0.3) is 11.8 Å². The lowest BCUT2D eigenvalue weighted by Crippen LogP contribution is -2.57. The Labute approximate surface area is 191 Å². The van der Waals surface area contributed by atoms with Crippen LogP contribution in [0.2, 0.25) is 0 Å². The molecule has 2 aliphatic rings. The summed E-state index contributed by atoms with van der Waals surface area (Å²) < 4.78 is 5.91. The van der Waals surface area contributed by atoms with Gasteiger partial charge in [0.1, 0.15) is 17.9 Å². The first-order valence-corrected chi connectivity index (χ1v) is 11.2. The lowest BCUT2D eigenvalue weighted by atomic mass is 10.1. The molecule has 1 saturated heterocycles. The number of hydrogen-bond acceptors (Lipinski definition) is 4. The molecule has 33 heavy (non-hydrogen) atoms. The summed E-state index contributed by atoms with van der Waals surface area (Å²) in [5, 5.41) is 4.66. The van der Waals surface area contributed by atoms with Gasteiger partial charge in [-0.1, -0.05) is 61.4 Å². The zero-order valence-corrected chi connectivity index (χ0v) is 18.1. The summed E-state index contributed by atoms with van der Waals surface area (Å²) in [7, 11) is 0. The highest BCUT2D eigenvalue weighted by atomic mass is 16.5. The SMILES string of the molecule is O=C1NC(=O)N(C2CCCC2)C(=O)/C1=C/c1ccc(OCc2ccc3ccccc3c2)cc1. The smallest absolute Gasteiger partial charge is 0.331 e. The van der Waals surface area contributed by atoms with Gasteiger partial charge in [0.2, 0.25) is 0 Å². The molecule has 6 nitrogen and oxygen atoms in total. The van der Waals surface area contributed by atoms with Crippen molar-refractivity contribution in [2.75, 3.05) is 0 Å². The van der Waals surface area contributed by atoms with E-state index >= 15 is 0 Å². The van der Waals surface area contributed by atoms with Crippen molar-refractivity contribution in [1.82, 2.24) is 10.2 Å². The van der Waals surface area contributed by atoms with Crippen LogP contribution in [0.25, 0.3) is 16.8 Å². The molecule has 1 N–H and O–H groups in total. The molecule has 1 saturated carbocycles. The Morgan fingerprint density at radius 1 is 0.909 bits per heavy atom. The summed E-state index contributed by atoms with van der Waals surface area (Å²) in [5.74, 6) is -0.490. The molecule has 6 heteroatoms. The maximum Gasteiger partial charge on any atom is 0.331 e. The van der Waals surface area contributed by atoms with Crippen molar-refractivity contribution in [3.8, 4) is 5.75 Å². The van der Waals surface area contributed by atoms with Gasteiger partial charge in [-0.2, -0.15) is 0 Å². The highest BCUT2D eigenvalue weighted by molar-refractivity contribution is 6.31. The fourth-order valence-corrected chi connectivity index (χ4v) is 4.49. The second-order valence-corrected chi connectivity index (χ2v) is 8.47. The Kier molecular flexibility index (Phi) is 5.65. The molecule has 0 bridgehead atoms. The third-order valence-electron chi connectivity index (χ3n) is 6.23. The van der Waals surface area contributed by atoms with Crippen molar-refractivity contribution in [3.05, 3.63) is 83.4 Å². The lowest BCUT2D eigenvalue weighted by molar-refractivity contribution is -0.131. The second-order valence-electron chi connectivity index (χ2n) is 8.47. The number of amides is 4. The number of carbonyl (C=O) groups is 3. The highest BCUT2D eigenvalue weighted by Crippen LogP contribution is 2.27. The first-order valence-electron chi connectivity index (χ1n) is 11.2. The van der Waals surface area contributed by atoms with E-state index in [1.807, 2.05) is 18.2 Å². The maximum atomic E-state index is 12.9. The molecule has 1 heterocycles. The number of nitrogens with one attached hydrogen (secondary N) is 1. The topological polar surface area (TPSA) is 75.7 Å². The molecular formula is C27H24N2O4. The molecule has 0 atom stereocenters. The van der Waals surface area contributed by atoms with Gasteiger partial charge in [-0.15, -0.1) is 0 Å².